The topological polar surface area (TPSA) is 43.8 Å². The van der Waals surface area contributed by atoms with E-state index in [0.717, 1.165) is 12.5 Å². The smallest absolute Gasteiger partial charge is 0.399 e. The Bertz CT molecular complexity index is 548. The monoisotopic (exact) mass is 261 g/mol. The van der Waals surface area contributed by atoms with Crippen molar-refractivity contribution in [1.82, 2.24) is 9.55 Å². The molecule has 2 aromatic rings. The molecule has 0 amide bonds. The van der Waals surface area contributed by atoms with Gasteiger partial charge in [-0.2, -0.15) is 13.2 Å². The van der Waals surface area contributed by atoms with Gasteiger partial charge in [-0.25, -0.2) is 4.98 Å². The van der Waals surface area contributed by atoms with Crippen LogP contribution in [0.1, 0.15) is 5.69 Å². The fourth-order valence-electron chi connectivity index (χ4n) is 1.33. The third kappa shape index (κ3) is 2.36. The third-order valence-electron chi connectivity index (χ3n) is 2.12. The molecule has 3 nitrogen and oxygen atoms in total. The SMILES string of the molecule is Nc1ccc(-n2cnc(C(F)(F)F)c2)c(Cl)c1. The van der Waals surface area contributed by atoms with Crippen LogP contribution >= 0.6 is 11.6 Å². The lowest BCUT2D eigenvalue weighted by Crippen LogP contribution is -2.04. The number of nitrogens with two attached hydrogens (primary N) is 1. The molecule has 0 fully saturated rings. The Labute approximate surface area is 99.6 Å². The molecule has 0 saturated carbocycles. The van der Waals surface area contributed by atoms with E-state index in [2.05, 4.69) is 4.98 Å². The van der Waals surface area contributed by atoms with E-state index in [1.165, 1.54) is 16.7 Å². The molecular weight excluding hydrogens is 255 g/mol. The maximum absolute atomic E-state index is 12.4. The number of anilines is 1. The quantitative estimate of drug-likeness (QED) is 0.802. The molecule has 1 heterocycles. The van der Waals surface area contributed by atoms with Crippen molar-refractivity contribution in [3.05, 3.63) is 41.4 Å². The molecule has 0 saturated heterocycles. The molecule has 1 aromatic carbocycles. The number of nitrogen functional groups attached to an aromatic ring is 1. The number of benzene rings is 1. The zero-order chi connectivity index (χ0) is 12.6. The van der Waals surface area contributed by atoms with Gasteiger partial charge in [0.1, 0.15) is 0 Å². The van der Waals surface area contributed by atoms with E-state index in [0.29, 0.717) is 11.4 Å². The summed E-state index contributed by atoms with van der Waals surface area (Å²) >= 11 is 5.88. The maximum atomic E-state index is 12.4. The van der Waals surface area contributed by atoms with Crippen LogP contribution in [-0.4, -0.2) is 9.55 Å². The predicted molar refractivity (Wildman–Crippen MR) is 58.0 cm³/mol. The average Bonchev–Trinajstić information content (AvgIpc) is 2.65. The summed E-state index contributed by atoms with van der Waals surface area (Å²) in [6.07, 6.45) is -2.54. The van der Waals surface area contributed by atoms with Crippen molar-refractivity contribution in [2.45, 2.75) is 6.18 Å². The number of halogens is 4. The molecule has 7 heteroatoms. The molecule has 1 aromatic heterocycles. The van der Waals surface area contributed by atoms with Crippen LogP contribution in [0, 0.1) is 0 Å². The molecule has 0 aliphatic heterocycles. The van der Waals surface area contributed by atoms with E-state index < -0.39 is 11.9 Å². The Hall–Kier alpha value is -1.69. The van der Waals surface area contributed by atoms with Gasteiger partial charge in [-0.1, -0.05) is 11.6 Å². The lowest BCUT2D eigenvalue weighted by atomic mass is 10.3. The lowest BCUT2D eigenvalue weighted by molar-refractivity contribution is -0.140. The highest BCUT2D eigenvalue weighted by molar-refractivity contribution is 6.32. The van der Waals surface area contributed by atoms with E-state index in [1.807, 2.05) is 0 Å². The Kier molecular flexibility index (Phi) is 2.74. The van der Waals surface area contributed by atoms with Gasteiger partial charge in [0.05, 0.1) is 17.0 Å². The van der Waals surface area contributed by atoms with Gasteiger partial charge < -0.3 is 10.3 Å². The van der Waals surface area contributed by atoms with Crippen molar-refractivity contribution in [3.8, 4) is 5.69 Å². The van der Waals surface area contributed by atoms with Crippen molar-refractivity contribution in [1.29, 1.82) is 0 Å². The first-order valence-corrected chi connectivity index (χ1v) is 4.92. The molecule has 0 aliphatic rings. The van der Waals surface area contributed by atoms with Gasteiger partial charge >= 0.3 is 6.18 Å². The maximum Gasteiger partial charge on any atom is 0.434 e. The average molecular weight is 262 g/mol. The molecule has 2 rings (SSSR count). The molecule has 17 heavy (non-hydrogen) atoms. The summed E-state index contributed by atoms with van der Waals surface area (Å²) in [6.45, 7) is 0. The van der Waals surface area contributed by atoms with E-state index in [-0.39, 0.29) is 5.02 Å². The first-order chi connectivity index (χ1) is 7.88. The van der Waals surface area contributed by atoms with Crippen molar-refractivity contribution in [2.24, 2.45) is 0 Å². The van der Waals surface area contributed by atoms with Gasteiger partial charge in [-0.15, -0.1) is 0 Å². The van der Waals surface area contributed by atoms with Crippen LogP contribution in [0.15, 0.2) is 30.7 Å². The van der Waals surface area contributed by atoms with Gasteiger partial charge in [0.15, 0.2) is 5.69 Å². The highest BCUT2D eigenvalue weighted by Crippen LogP contribution is 2.29. The first-order valence-electron chi connectivity index (χ1n) is 4.54. The molecule has 2 N–H and O–H groups in total. The Balaban J connectivity index is 2.44. The Morgan fingerprint density at radius 2 is 2.00 bits per heavy atom. The molecule has 0 bridgehead atoms. The van der Waals surface area contributed by atoms with Crippen molar-refractivity contribution < 1.29 is 13.2 Å². The van der Waals surface area contributed by atoms with Crippen LogP contribution < -0.4 is 5.73 Å². The van der Waals surface area contributed by atoms with Crippen molar-refractivity contribution >= 4 is 17.3 Å². The van der Waals surface area contributed by atoms with Gasteiger partial charge in [-0.05, 0) is 18.2 Å². The number of hydrogen-bond acceptors (Lipinski definition) is 2. The van der Waals surface area contributed by atoms with E-state index in [1.54, 1.807) is 6.07 Å². The summed E-state index contributed by atoms with van der Waals surface area (Å²) in [5.74, 6) is 0. The van der Waals surface area contributed by atoms with Crippen molar-refractivity contribution in [3.63, 3.8) is 0 Å². The molecule has 0 spiro atoms. The van der Waals surface area contributed by atoms with Gasteiger partial charge in [0.2, 0.25) is 0 Å². The molecule has 90 valence electrons. The molecular formula is C10H7ClF3N3. The summed E-state index contributed by atoms with van der Waals surface area (Å²) in [4.78, 5) is 3.28. The van der Waals surface area contributed by atoms with Crippen LogP contribution in [0.25, 0.3) is 5.69 Å². The van der Waals surface area contributed by atoms with E-state index >= 15 is 0 Å². The number of aromatic nitrogens is 2. The van der Waals surface area contributed by atoms with E-state index in [9.17, 15) is 13.2 Å². The molecule has 0 unspecified atom stereocenters. The van der Waals surface area contributed by atoms with Crippen molar-refractivity contribution in [2.75, 3.05) is 5.73 Å². The summed E-state index contributed by atoms with van der Waals surface area (Å²) in [5, 5.41) is 0.260. The van der Waals surface area contributed by atoms with Gasteiger partial charge in [0, 0.05) is 11.9 Å². The number of imidazole rings is 1. The zero-order valence-corrected chi connectivity index (χ0v) is 9.13. The standard InChI is InChI=1S/C10H7ClF3N3/c11-7-3-6(15)1-2-8(7)17-4-9(16-5-17)10(12,13)14/h1-5H,15H2. The van der Waals surface area contributed by atoms with Crippen LogP contribution in [0.2, 0.25) is 5.02 Å². The summed E-state index contributed by atoms with van der Waals surface area (Å²) in [5.41, 5.74) is 5.36. The number of nitrogens with zero attached hydrogens (tertiary/aromatic N) is 2. The minimum atomic E-state index is -4.47. The highest BCUT2D eigenvalue weighted by atomic mass is 35.5. The minimum absolute atomic E-state index is 0.260. The Morgan fingerprint density at radius 3 is 2.53 bits per heavy atom. The predicted octanol–water partition coefficient (Wildman–Crippen LogP) is 3.13. The second kappa shape index (κ2) is 3.96. The molecule has 0 radical (unpaired) electrons. The van der Waals surface area contributed by atoms with Gasteiger partial charge in [0.25, 0.3) is 0 Å². The summed E-state index contributed by atoms with van der Waals surface area (Å²) in [7, 11) is 0. The normalized spacial score (nSPS) is 11.8. The van der Waals surface area contributed by atoms with Crippen LogP contribution in [0.4, 0.5) is 18.9 Å². The summed E-state index contributed by atoms with van der Waals surface area (Å²) < 4.78 is 38.3. The second-order valence-corrected chi connectivity index (χ2v) is 3.78. The zero-order valence-electron chi connectivity index (χ0n) is 8.37. The second-order valence-electron chi connectivity index (χ2n) is 3.37. The third-order valence-corrected chi connectivity index (χ3v) is 2.43. The lowest BCUT2D eigenvalue weighted by Gasteiger charge is -2.05. The number of rotatable bonds is 1. The fourth-order valence-corrected chi connectivity index (χ4v) is 1.62. The van der Waals surface area contributed by atoms with Crippen LogP contribution in [0.3, 0.4) is 0 Å². The minimum Gasteiger partial charge on any atom is -0.399 e. The van der Waals surface area contributed by atoms with Crippen LogP contribution in [0.5, 0.6) is 0 Å². The molecule has 0 aliphatic carbocycles. The number of alkyl halides is 3. The van der Waals surface area contributed by atoms with E-state index in [4.69, 9.17) is 17.3 Å². The van der Waals surface area contributed by atoms with Crippen LogP contribution in [-0.2, 0) is 6.18 Å². The number of hydrogen-bond donors (Lipinski definition) is 1. The largest absolute Gasteiger partial charge is 0.434 e. The summed E-state index contributed by atoms with van der Waals surface area (Å²) in [6, 6.07) is 4.54. The highest BCUT2D eigenvalue weighted by Gasteiger charge is 2.33. The fraction of sp³-hybridized carbons (Fsp3) is 0.100. The first kappa shape index (κ1) is 11.8. The Morgan fingerprint density at radius 1 is 1.29 bits per heavy atom. The van der Waals surface area contributed by atoms with Gasteiger partial charge in [-0.3, -0.25) is 0 Å². The molecule has 0 atom stereocenters.